The van der Waals surface area contributed by atoms with Crippen LogP contribution in [0.5, 0.6) is 0 Å². The number of benzene rings is 2. The van der Waals surface area contributed by atoms with E-state index in [1.54, 1.807) is 0 Å². The zero-order valence-electron chi connectivity index (χ0n) is 19.7. The van der Waals surface area contributed by atoms with Gasteiger partial charge in [0.1, 0.15) is 11.6 Å². The molecule has 37 heavy (non-hydrogen) atoms. The molecule has 1 amide bonds. The number of morpholine rings is 1. The van der Waals surface area contributed by atoms with E-state index < -0.39 is 10.0 Å². The number of carbonyl (C=O) groups excluding carboxylic acids is 1. The van der Waals surface area contributed by atoms with Crippen molar-refractivity contribution in [1.29, 1.82) is 0 Å². The summed E-state index contributed by atoms with van der Waals surface area (Å²) in [5, 5.41) is 9.51. The van der Waals surface area contributed by atoms with Gasteiger partial charge in [0.15, 0.2) is 5.82 Å². The highest BCUT2D eigenvalue weighted by Gasteiger charge is 2.38. The molecule has 3 aromatic rings. The Kier molecular flexibility index (Phi) is 6.23. The number of anilines is 4. The van der Waals surface area contributed by atoms with Crippen molar-refractivity contribution in [2.75, 3.05) is 17.2 Å². The van der Waals surface area contributed by atoms with Crippen molar-refractivity contribution < 1.29 is 17.9 Å². The van der Waals surface area contributed by atoms with E-state index in [0.29, 0.717) is 16.8 Å². The van der Waals surface area contributed by atoms with Crippen LogP contribution < -0.4 is 20.7 Å². The fourth-order valence-electron chi connectivity index (χ4n) is 4.57. The van der Waals surface area contributed by atoms with Gasteiger partial charge in [0.2, 0.25) is 21.9 Å². The Morgan fingerprint density at radius 1 is 1.08 bits per heavy atom. The molecule has 2 fully saturated rings. The average Bonchev–Trinajstić information content (AvgIpc) is 3.69. The first-order chi connectivity index (χ1) is 17.8. The molecule has 2 aliphatic carbocycles. The van der Waals surface area contributed by atoms with Gasteiger partial charge < -0.3 is 20.7 Å². The summed E-state index contributed by atoms with van der Waals surface area (Å²) in [6, 6.07) is 13.2. The number of aromatic nitrogens is 2. The van der Waals surface area contributed by atoms with Gasteiger partial charge in [0.25, 0.3) is 0 Å². The zero-order chi connectivity index (χ0) is 25.6. The van der Waals surface area contributed by atoms with Crippen molar-refractivity contribution in [2.24, 2.45) is 0 Å². The lowest BCUT2D eigenvalue weighted by Gasteiger charge is -2.27. The maximum atomic E-state index is 12.0. The highest BCUT2D eigenvalue weighted by atomic mass is 35.5. The second-order valence-electron chi connectivity index (χ2n) is 9.41. The maximum Gasteiger partial charge on any atom is 0.246 e. The SMILES string of the molecule is O=C1CO[C@H]2Cc3ccc(Nc4ncc(Cl)c(Nc5ccc(CNS(=O)(=O)C6CC6)cc5)n4)cc3[C@H]2N1. The van der Waals surface area contributed by atoms with E-state index >= 15 is 0 Å². The molecule has 0 unspecified atom stereocenters. The normalized spacial score (nSPS) is 20.6. The largest absolute Gasteiger partial charge is 0.366 e. The lowest BCUT2D eigenvalue weighted by atomic mass is 10.1. The molecular weight excluding hydrogens is 516 g/mol. The van der Waals surface area contributed by atoms with Crippen LogP contribution in [0, 0.1) is 0 Å². The first-order valence-electron chi connectivity index (χ1n) is 12.0. The van der Waals surface area contributed by atoms with Gasteiger partial charge in [0, 0.05) is 24.3 Å². The van der Waals surface area contributed by atoms with Gasteiger partial charge in [-0.05, 0) is 53.8 Å². The number of ether oxygens (including phenoxy) is 1. The van der Waals surface area contributed by atoms with Crippen LogP contribution in [0.1, 0.15) is 35.6 Å². The van der Waals surface area contributed by atoms with Crippen LogP contribution >= 0.6 is 11.6 Å². The molecule has 1 saturated carbocycles. The summed E-state index contributed by atoms with van der Waals surface area (Å²) in [7, 11) is -3.22. The van der Waals surface area contributed by atoms with Gasteiger partial charge in [0.05, 0.1) is 23.6 Å². The molecule has 1 aliphatic heterocycles. The van der Waals surface area contributed by atoms with Crippen LogP contribution in [-0.4, -0.2) is 42.3 Å². The molecule has 0 radical (unpaired) electrons. The number of nitrogens with zero attached hydrogens (tertiary/aromatic N) is 2. The first-order valence-corrected chi connectivity index (χ1v) is 13.9. The number of hydrogen-bond acceptors (Lipinski definition) is 8. The van der Waals surface area contributed by atoms with Gasteiger partial charge in [-0.25, -0.2) is 18.1 Å². The molecule has 12 heteroatoms. The van der Waals surface area contributed by atoms with E-state index in [1.165, 1.54) is 6.20 Å². The number of sulfonamides is 1. The number of carbonyl (C=O) groups is 1. The van der Waals surface area contributed by atoms with E-state index in [-0.39, 0.29) is 36.5 Å². The minimum atomic E-state index is -3.22. The molecular formula is C25H25ClN6O4S. The maximum absolute atomic E-state index is 12.0. The Morgan fingerprint density at radius 3 is 2.65 bits per heavy atom. The number of halogens is 1. The fraction of sp³-hybridized carbons (Fsp3) is 0.320. The molecule has 0 spiro atoms. The monoisotopic (exact) mass is 540 g/mol. The highest BCUT2D eigenvalue weighted by Crippen LogP contribution is 2.37. The highest BCUT2D eigenvalue weighted by molar-refractivity contribution is 7.90. The van der Waals surface area contributed by atoms with Gasteiger partial charge >= 0.3 is 0 Å². The van der Waals surface area contributed by atoms with Crippen LogP contribution in [0.15, 0.2) is 48.7 Å². The number of rotatable bonds is 8. The average molecular weight is 541 g/mol. The molecule has 192 valence electrons. The lowest BCUT2D eigenvalue weighted by Crippen LogP contribution is -2.43. The third-order valence-electron chi connectivity index (χ3n) is 6.68. The van der Waals surface area contributed by atoms with Crippen LogP contribution in [0.3, 0.4) is 0 Å². The van der Waals surface area contributed by atoms with Crippen molar-refractivity contribution in [3.8, 4) is 0 Å². The second-order valence-corrected chi connectivity index (χ2v) is 11.9. The molecule has 6 rings (SSSR count). The Bertz CT molecular complexity index is 1460. The van der Waals surface area contributed by atoms with Gasteiger partial charge in [-0.1, -0.05) is 29.8 Å². The number of amides is 1. The van der Waals surface area contributed by atoms with Crippen molar-refractivity contribution in [2.45, 2.75) is 43.2 Å². The summed E-state index contributed by atoms with van der Waals surface area (Å²) < 4.78 is 32.4. The predicted octanol–water partition coefficient (Wildman–Crippen LogP) is 3.31. The van der Waals surface area contributed by atoms with E-state index in [9.17, 15) is 13.2 Å². The topological polar surface area (TPSA) is 134 Å². The molecule has 1 aromatic heterocycles. The summed E-state index contributed by atoms with van der Waals surface area (Å²) in [4.78, 5) is 20.6. The Balaban J connectivity index is 1.13. The van der Waals surface area contributed by atoms with Crippen molar-refractivity contribution in [3.63, 3.8) is 0 Å². The molecule has 0 bridgehead atoms. The summed E-state index contributed by atoms with van der Waals surface area (Å²) in [6.45, 7) is 0.343. The van der Waals surface area contributed by atoms with E-state index in [2.05, 4.69) is 30.6 Å². The molecule has 2 atom stereocenters. The molecule has 4 N–H and O–H groups in total. The molecule has 2 heterocycles. The molecule has 10 nitrogen and oxygen atoms in total. The van der Waals surface area contributed by atoms with Crippen molar-refractivity contribution >= 4 is 50.7 Å². The van der Waals surface area contributed by atoms with Crippen LogP contribution in [0.2, 0.25) is 5.02 Å². The molecule has 2 aromatic carbocycles. The van der Waals surface area contributed by atoms with Gasteiger partial charge in [-0.3, -0.25) is 4.79 Å². The van der Waals surface area contributed by atoms with Gasteiger partial charge in [-0.15, -0.1) is 0 Å². The summed E-state index contributed by atoms with van der Waals surface area (Å²) >= 11 is 6.34. The number of hydrogen-bond donors (Lipinski definition) is 4. The minimum absolute atomic E-state index is 0.0460. The third kappa shape index (κ3) is 5.26. The summed E-state index contributed by atoms with van der Waals surface area (Å²) in [5.74, 6) is 0.670. The third-order valence-corrected chi connectivity index (χ3v) is 8.85. The van der Waals surface area contributed by atoms with Crippen LogP contribution in [-0.2, 0) is 32.5 Å². The predicted molar refractivity (Wildman–Crippen MR) is 140 cm³/mol. The lowest BCUT2D eigenvalue weighted by molar-refractivity contribution is -0.136. The standard InChI is InChI=1S/C25H25ClN6O4S/c26-20-12-27-25(30-17-6-3-15-9-21-23(19(15)10-17)31-22(33)13-36-21)32-24(20)29-16-4-1-14(2-5-16)11-28-37(34,35)18-7-8-18/h1-6,10,12,18,21,23,28H,7-9,11,13H2,(H,31,33)(H2,27,29,30,32)/t21-,23+/m0/s1. The number of fused-ring (bicyclic) bond motifs is 3. The second kappa shape index (κ2) is 9.56. The summed E-state index contributed by atoms with van der Waals surface area (Å²) in [5.41, 5.74) is 4.55. The van der Waals surface area contributed by atoms with Crippen LogP contribution in [0.4, 0.5) is 23.1 Å². The van der Waals surface area contributed by atoms with Crippen LogP contribution in [0.25, 0.3) is 0 Å². The Hall–Kier alpha value is -3.25. The summed E-state index contributed by atoms with van der Waals surface area (Å²) in [6.07, 6.45) is 3.69. The molecule has 1 saturated heterocycles. The first kappa shape index (κ1) is 24.1. The zero-order valence-corrected chi connectivity index (χ0v) is 21.3. The van der Waals surface area contributed by atoms with Gasteiger partial charge in [-0.2, -0.15) is 4.98 Å². The smallest absolute Gasteiger partial charge is 0.246 e. The Morgan fingerprint density at radius 2 is 1.86 bits per heavy atom. The van der Waals surface area contributed by atoms with E-state index in [1.807, 2.05) is 42.5 Å². The fourth-order valence-corrected chi connectivity index (χ4v) is 6.07. The quantitative estimate of drug-likeness (QED) is 0.342. The van der Waals surface area contributed by atoms with Crippen molar-refractivity contribution in [1.82, 2.24) is 20.0 Å². The number of nitrogens with one attached hydrogen (secondary N) is 4. The Labute approximate surface area is 219 Å². The van der Waals surface area contributed by atoms with Crippen molar-refractivity contribution in [3.05, 3.63) is 70.4 Å². The van der Waals surface area contributed by atoms with E-state index in [4.69, 9.17) is 16.3 Å². The molecule has 3 aliphatic rings. The minimum Gasteiger partial charge on any atom is -0.366 e. The van der Waals surface area contributed by atoms with E-state index in [0.717, 1.165) is 47.3 Å².